The van der Waals surface area contributed by atoms with Crippen molar-refractivity contribution in [1.82, 2.24) is 0 Å². The van der Waals surface area contributed by atoms with Gasteiger partial charge in [-0.05, 0) is 6.07 Å². The van der Waals surface area contributed by atoms with Gasteiger partial charge in [0.15, 0.2) is 11.6 Å². The molecule has 0 bridgehead atoms. The number of hydrogen-bond donors (Lipinski definition) is 0. The number of ether oxygens (including phenoxy) is 1. The van der Waals surface area contributed by atoms with Gasteiger partial charge in [0.25, 0.3) is 0 Å². The summed E-state index contributed by atoms with van der Waals surface area (Å²) in [6.45, 7) is 2.32. The molecule has 0 N–H and O–H groups in total. The molecule has 0 radical (unpaired) electrons. The molecule has 3 heteroatoms. The van der Waals surface area contributed by atoms with Gasteiger partial charge in [0, 0.05) is 17.5 Å². The van der Waals surface area contributed by atoms with Crippen molar-refractivity contribution in [1.29, 1.82) is 0 Å². The summed E-state index contributed by atoms with van der Waals surface area (Å²) >= 11 is 0. The van der Waals surface area contributed by atoms with E-state index >= 15 is 0 Å². The molecule has 0 spiro atoms. The highest BCUT2D eigenvalue weighted by molar-refractivity contribution is 5.40. The molecule has 1 nitrogen and oxygen atoms in total. The molecule has 1 aromatic rings. The first-order valence-electron chi connectivity index (χ1n) is 3.80. The number of hydrogen-bond acceptors (Lipinski definition) is 1. The van der Waals surface area contributed by atoms with Crippen LogP contribution in [0.1, 0.15) is 18.4 Å². The molecule has 12 heavy (non-hydrogen) atoms. The highest BCUT2D eigenvalue weighted by Crippen LogP contribution is 2.36. The van der Waals surface area contributed by atoms with Crippen molar-refractivity contribution in [2.24, 2.45) is 0 Å². The first kappa shape index (κ1) is 7.53. The summed E-state index contributed by atoms with van der Waals surface area (Å²) in [5, 5.41) is 0. The van der Waals surface area contributed by atoms with Crippen LogP contribution < -0.4 is 4.74 Å². The predicted octanol–water partition coefficient (Wildman–Crippen LogP) is 2.46. The zero-order valence-electron chi connectivity index (χ0n) is 6.60. The van der Waals surface area contributed by atoms with Gasteiger partial charge in [0.1, 0.15) is 5.82 Å². The SMILES string of the molecule is CC1COc2c(F)cc(F)cc21. The summed E-state index contributed by atoms with van der Waals surface area (Å²) in [5.41, 5.74) is 0.632. The van der Waals surface area contributed by atoms with Crippen LogP contribution in [-0.4, -0.2) is 6.61 Å². The zero-order chi connectivity index (χ0) is 8.72. The van der Waals surface area contributed by atoms with Gasteiger partial charge in [0.05, 0.1) is 6.61 Å². The van der Waals surface area contributed by atoms with E-state index in [0.29, 0.717) is 12.2 Å². The Bertz CT molecular complexity index is 323. The Morgan fingerprint density at radius 1 is 1.42 bits per heavy atom. The van der Waals surface area contributed by atoms with Crippen LogP contribution in [0.5, 0.6) is 5.75 Å². The summed E-state index contributed by atoms with van der Waals surface area (Å²) in [6.07, 6.45) is 0. The second-order valence-electron chi connectivity index (χ2n) is 3.02. The highest BCUT2D eigenvalue weighted by atomic mass is 19.1. The van der Waals surface area contributed by atoms with Crippen LogP contribution >= 0.6 is 0 Å². The Morgan fingerprint density at radius 3 is 2.92 bits per heavy atom. The Labute approximate surface area is 69.0 Å². The molecule has 0 saturated heterocycles. The van der Waals surface area contributed by atoms with Crippen molar-refractivity contribution >= 4 is 0 Å². The molecule has 1 atom stereocenters. The van der Waals surface area contributed by atoms with Gasteiger partial charge in [-0.2, -0.15) is 0 Å². The van der Waals surface area contributed by atoms with Crippen LogP contribution in [-0.2, 0) is 0 Å². The quantitative estimate of drug-likeness (QED) is 0.581. The van der Waals surface area contributed by atoms with Crippen molar-refractivity contribution in [3.05, 3.63) is 29.3 Å². The van der Waals surface area contributed by atoms with E-state index in [2.05, 4.69) is 0 Å². The Morgan fingerprint density at radius 2 is 2.17 bits per heavy atom. The maximum Gasteiger partial charge on any atom is 0.168 e. The largest absolute Gasteiger partial charge is 0.490 e. The van der Waals surface area contributed by atoms with E-state index in [-0.39, 0.29) is 11.7 Å². The fraction of sp³-hybridized carbons (Fsp3) is 0.333. The lowest BCUT2D eigenvalue weighted by Gasteiger charge is -2.00. The van der Waals surface area contributed by atoms with E-state index < -0.39 is 11.6 Å². The molecule has 1 unspecified atom stereocenters. The molecule has 64 valence electrons. The predicted molar refractivity (Wildman–Crippen MR) is 40.3 cm³/mol. The van der Waals surface area contributed by atoms with E-state index in [1.165, 1.54) is 6.07 Å². The van der Waals surface area contributed by atoms with Crippen molar-refractivity contribution < 1.29 is 13.5 Å². The minimum atomic E-state index is -0.602. The van der Waals surface area contributed by atoms with Gasteiger partial charge < -0.3 is 4.74 Å². The first-order chi connectivity index (χ1) is 5.68. The molecule has 2 rings (SSSR count). The number of rotatable bonds is 0. The van der Waals surface area contributed by atoms with Crippen LogP contribution in [0.3, 0.4) is 0 Å². The third kappa shape index (κ3) is 0.967. The van der Waals surface area contributed by atoms with Gasteiger partial charge in [-0.15, -0.1) is 0 Å². The summed E-state index contributed by atoms with van der Waals surface area (Å²) in [5.74, 6) is -0.841. The summed E-state index contributed by atoms with van der Waals surface area (Å²) in [6, 6.07) is 2.17. The third-order valence-corrected chi connectivity index (χ3v) is 2.05. The molecule has 1 aliphatic heterocycles. The maximum absolute atomic E-state index is 13.0. The van der Waals surface area contributed by atoms with Gasteiger partial charge >= 0.3 is 0 Å². The first-order valence-corrected chi connectivity index (χ1v) is 3.80. The molecule has 0 fully saturated rings. The van der Waals surface area contributed by atoms with Gasteiger partial charge in [0.2, 0.25) is 0 Å². The second kappa shape index (κ2) is 2.44. The number of fused-ring (bicyclic) bond motifs is 1. The molecule has 1 heterocycles. The third-order valence-electron chi connectivity index (χ3n) is 2.05. The molecular formula is C9H8F2O. The van der Waals surface area contributed by atoms with Crippen LogP contribution in [0.15, 0.2) is 12.1 Å². The molecular weight excluding hydrogens is 162 g/mol. The van der Waals surface area contributed by atoms with Crippen molar-refractivity contribution in [2.75, 3.05) is 6.61 Å². The number of benzene rings is 1. The lowest BCUT2D eigenvalue weighted by atomic mass is 10.0. The standard InChI is InChI=1S/C9H8F2O/c1-5-4-12-9-7(5)2-6(10)3-8(9)11/h2-3,5H,4H2,1H3. The Kier molecular flexibility index (Phi) is 1.53. The molecule has 1 aliphatic rings. The van der Waals surface area contributed by atoms with Gasteiger partial charge in [-0.25, -0.2) is 8.78 Å². The minimum absolute atomic E-state index is 0.0881. The topological polar surface area (TPSA) is 9.23 Å². The Hall–Kier alpha value is -1.12. The average molecular weight is 170 g/mol. The smallest absolute Gasteiger partial charge is 0.168 e. The fourth-order valence-electron chi connectivity index (χ4n) is 1.40. The monoisotopic (exact) mass is 170 g/mol. The normalized spacial score (nSPS) is 20.4. The van der Waals surface area contributed by atoms with E-state index in [0.717, 1.165) is 6.07 Å². The minimum Gasteiger partial charge on any atom is -0.490 e. The van der Waals surface area contributed by atoms with E-state index in [4.69, 9.17) is 4.74 Å². The lowest BCUT2D eigenvalue weighted by molar-refractivity contribution is 0.322. The van der Waals surface area contributed by atoms with Crippen LogP contribution in [0.25, 0.3) is 0 Å². The molecule has 0 saturated carbocycles. The van der Waals surface area contributed by atoms with Crippen molar-refractivity contribution in [2.45, 2.75) is 12.8 Å². The molecule has 0 aliphatic carbocycles. The van der Waals surface area contributed by atoms with E-state index in [1.54, 1.807) is 0 Å². The number of halogens is 2. The van der Waals surface area contributed by atoms with Gasteiger partial charge in [-0.1, -0.05) is 6.92 Å². The summed E-state index contributed by atoms with van der Waals surface area (Å²) < 4.78 is 30.7. The average Bonchev–Trinajstić information content (AvgIpc) is 2.33. The molecule has 0 aromatic heterocycles. The van der Waals surface area contributed by atoms with Crippen molar-refractivity contribution in [3.8, 4) is 5.75 Å². The van der Waals surface area contributed by atoms with Crippen molar-refractivity contribution in [3.63, 3.8) is 0 Å². The summed E-state index contributed by atoms with van der Waals surface area (Å²) in [4.78, 5) is 0. The molecule has 0 amide bonds. The van der Waals surface area contributed by atoms with Crippen LogP contribution in [0.4, 0.5) is 8.78 Å². The maximum atomic E-state index is 13.0. The Balaban J connectivity index is 2.60. The van der Waals surface area contributed by atoms with Crippen LogP contribution in [0, 0.1) is 11.6 Å². The van der Waals surface area contributed by atoms with E-state index in [1.807, 2.05) is 6.92 Å². The lowest BCUT2D eigenvalue weighted by Crippen LogP contribution is -1.93. The molecule has 1 aromatic carbocycles. The van der Waals surface area contributed by atoms with E-state index in [9.17, 15) is 8.78 Å². The zero-order valence-corrected chi connectivity index (χ0v) is 6.60. The fourth-order valence-corrected chi connectivity index (χ4v) is 1.40. The highest BCUT2D eigenvalue weighted by Gasteiger charge is 2.24. The van der Waals surface area contributed by atoms with Crippen LogP contribution in [0.2, 0.25) is 0 Å². The second-order valence-corrected chi connectivity index (χ2v) is 3.02. The summed E-state index contributed by atoms with van der Waals surface area (Å²) in [7, 11) is 0. The van der Waals surface area contributed by atoms with Gasteiger partial charge in [-0.3, -0.25) is 0 Å².